The van der Waals surface area contributed by atoms with Crippen LogP contribution in [0.3, 0.4) is 0 Å². The number of rotatable bonds is 4. The summed E-state index contributed by atoms with van der Waals surface area (Å²) in [6.45, 7) is 5.19. The summed E-state index contributed by atoms with van der Waals surface area (Å²) in [4.78, 5) is 7.11. The molecule has 3 nitrogen and oxygen atoms in total. The molecule has 3 aromatic rings. The van der Waals surface area contributed by atoms with Crippen molar-refractivity contribution in [2.45, 2.75) is 19.2 Å². The predicted molar refractivity (Wildman–Crippen MR) is 91.7 cm³/mol. The van der Waals surface area contributed by atoms with E-state index >= 15 is 0 Å². The second kappa shape index (κ2) is 5.90. The highest BCUT2D eigenvalue weighted by molar-refractivity contribution is 9.08. The van der Waals surface area contributed by atoms with Gasteiger partial charge in [0.25, 0.3) is 0 Å². The second-order valence-corrected chi connectivity index (χ2v) is 5.54. The monoisotopic (exact) mass is 343 g/mol. The summed E-state index contributed by atoms with van der Waals surface area (Å²) in [5.74, 6) is 1.02. The zero-order valence-corrected chi connectivity index (χ0v) is 13.8. The highest BCUT2D eigenvalue weighted by atomic mass is 79.9. The average Bonchev–Trinajstić information content (AvgIpc) is 2.88. The molecule has 0 atom stereocenters. The molecule has 3 rings (SSSR count). The SMILES string of the molecule is CCN(c1ccccc1C)c1nc2ccccn2c1CBr. The number of aromatic nitrogens is 2. The number of hydrogen-bond donors (Lipinski definition) is 0. The molecule has 21 heavy (non-hydrogen) atoms. The summed E-state index contributed by atoms with van der Waals surface area (Å²) in [6, 6.07) is 14.5. The van der Waals surface area contributed by atoms with Gasteiger partial charge in [0.15, 0.2) is 5.82 Å². The lowest BCUT2D eigenvalue weighted by Gasteiger charge is -2.23. The lowest BCUT2D eigenvalue weighted by atomic mass is 10.2. The zero-order chi connectivity index (χ0) is 14.8. The van der Waals surface area contributed by atoms with Gasteiger partial charge in [0, 0.05) is 23.8 Å². The summed E-state index contributed by atoms with van der Waals surface area (Å²) in [5, 5.41) is 0.774. The van der Waals surface area contributed by atoms with Crippen molar-refractivity contribution < 1.29 is 0 Å². The van der Waals surface area contributed by atoms with Crippen molar-refractivity contribution in [3.8, 4) is 0 Å². The van der Waals surface area contributed by atoms with Crippen LogP contribution in [-0.2, 0) is 5.33 Å². The van der Waals surface area contributed by atoms with E-state index in [2.05, 4.69) is 69.5 Å². The van der Waals surface area contributed by atoms with Crippen LogP contribution in [0.4, 0.5) is 11.5 Å². The van der Waals surface area contributed by atoms with Crippen molar-refractivity contribution in [3.05, 3.63) is 59.9 Å². The van der Waals surface area contributed by atoms with Crippen molar-refractivity contribution in [2.24, 2.45) is 0 Å². The molecule has 2 heterocycles. The molecule has 0 aliphatic carbocycles. The fraction of sp³-hybridized carbons (Fsp3) is 0.235. The van der Waals surface area contributed by atoms with Crippen molar-refractivity contribution in [3.63, 3.8) is 0 Å². The maximum absolute atomic E-state index is 4.83. The van der Waals surface area contributed by atoms with Crippen LogP contribution >= 0.6 is 15.9 Å². The minimum atomic E-state index is 0.774. The van der Waals surface area contributed by atoms with Gasteiger partial charge in [0.2, 0.25) is 0 Å². The first-order valence-electron chi connectivity index (χ1n) is 7.11. The van der Waals surface area contributed by atoms with E-state index in [9.17, 15) is 0 Å². The van der Waals surface area contributed by atoms with Crippen molar-refractivity contribution in [2.75, 3.05) is 11.4 Å². The second-order valence-electron chi connectivity index (χ2n) is 4.98. The molecule has 0 bridgehead atoms. The molecule has 0 N–H and O–H groups in total. The standard InChI is InChI=1S/C17H18BrN3/c1-3-20(14-9-5-4-8-13(14)2)17-15(12-18)21-11-7-6-10-16(21)19-17/h4-11H,3,12H2,1-2H3. The van der Waals surface area contributed by atoms with Gasteiger partial charge in [-0.3, -0.25) is 0 Å². The maximum Gasteiger partial charge on any atom is 0.156 e. The Morgan fingerprint density at radius 1 is 1.14 bits per heavy atom. The number of aryl methyl sites for hydroxylation is 1. The van der Waals surface area contributed by atoms with E-state index in [-0.39, 0.29) is 0 Å². The molecule has 0 aliphatic heterocycles. The fourth-order valence-electron chi connectivity index (χ4n) is 2.67. The summed E-state index contributed by atoms with van der Waals surface area (Å²) >= 11 is 3.61. The van der Waals surface area contributed by atoms with Gasteiger partial charge < -0.3 is 9.30 Å². The molecule has 108 valence electrons. The molecule has 0 fully saturated rings. The number of pyridine rings is 1. The molecule has 0 saturated carbocycles. The minimum absolute atomic E-state index is 0.774. The van der Waals surface area contributed by atoms with E-state index in [4.69, 9.17) is 4.98 Å². The van der Waals surface area contributed by atoms with Gasteiger partial charge in [-0.1, -0.05) is 40.2 Å². The fourth-order valence-corrected chi connectivity index (χ4v) is 3.20. The number of halogens is 1. The van der Waals surface area contributed by atoms with Gasteiger partial charge in [0.05, 0.1) is 5.69 Å². The number of alkyl halides is 1. The Bertz CT molecular complexity index is 764. The van der Waals surface area contributed by atoms with Crippen LogP contribution in [0.25, 0.3) is 5.65 Å². The van der Waals surface area contributed by atoms with Gasteiger partial charge in [0.1, 0.15) is 5.65 Å². The predicted octanol–water partition coefficient (Wildman–Crippen LogP) is 4.70. The van der Waals surface area contributed by atoms with Gasteiger partial charge in [-0.2, -0.15) is 0 Å². The first-order chi connectivity index (χ1) is 10.3. The Morgan fingerprint density at radius 3 is 2.62 bits per heavy atom. The molecule has 2 aromatic heterocycles. The molecule has 1 aromatic carbocycles. The summed E-state index contributed by atoms with van der Waals surface area (Å²) in [7, 11) is 0. The van der Waals surface area contributed by atoms with Crippen molar-refractivity contribution in [1.29, 1.82) is 0 Å². The third kappa shape index (κ3) is 2.44. The van der Waals surface area contributed by atoms with E-state index in [1.165, 1.54) is 16.9 Å². The van der Waals surface area contributed by atoms with Crippen LogP contribution in [0.2, 0.25) is 0 Å². The zero-order valence-electron chi connectivity index (χ0n) is 12.3. The summed E-state index contributed by atoms with van der Waals surface area (Å²) in [5.41, 5.74) is 4.63. The van der Waals surface area contributed by atoms with Gasteiger partial charge in [-0.15, -0.1) is 0 Å². The Labute approximate surface area is 133 Å². The van der Waals surface area contributed by atoms with E-state index < -0.39 is 0 Å². The lowest BCUT2D eigenvalue weighted by Crippen LogP contribution is -2.18. The third-order valence-corrected chi connectivity index (χ3v) is 4.24. The van der Waals surface area contributed by atoms with E-state index in [0.717, 1.165) is 23.3 Å². The van der Waals surface area contributed by atoms with E-state index in [1.54, 1.807) is 0 Å². The van der Waals surface area contributed by atoms with Crippen LogP contribution in [-0.4, -0.2) is 15.9 Å². The normalized spacial score (nSPS) is 11.0. The van der Waals surface area contributed by atoms with Crippen LogP contribution in [0.1, 0.15) is 18.2 Å². The van der Waals surface area contributed by atoms with Gasteiger partial charge >= 0.3 is 0 Å². The minimum Gasteiger partial charge on any atom is -0.325 e. The number of benzene rings is 1. The molecule has 0 amide bonds. The van der Waals surface area contributed by atoms with Crippen LogP contribution in [0, 0.1) is 6.92 Å². The van der Waals surface area contributed by atoms with Crippen LogP contribution < -0.4 is 4.90 Å². The first kappa shape index (κ1) is 14.1. The van der Waals surface area contributed by atoms with E-state index in [0.29, 0.717) is 0 Å². The van der Waals surface area contributed by atoms with E-state index in [1.807, 2.05) is 18.2 Å². The quantitative estimate of drug-likeness (QED) is 0.640. The Hall–Kier alpha value is -1.81. The Kier molecular flexibility index (Phi) is 3.97. The summed E-state index contributed by atoms with van der Waals surface area (Å²) in [6.07, 6.45) is 2.06. The molecule has 0 unspecified atom stereocenters. The Morgan fingerprint density at radius 2 is 1.90 bits per heavy atom. The number of para-hydroxylation sites is 1. The molecule has 4 heteroatoms. The molecular formula is C17H18BrN3. The van der Waals surface area contributed by atoms with Crippen molar-refractivity contribution in [1.82, 2.24) is 9.38 Å². The molecular weight excluding hydrogens is 326 g/mol. The van der Waals surface area contributed by atoms with Gasteiger partial charge in [-0.05, 0) is 37.6 Å². The number of hydrogen-bond acceptors (Lipinski definition) is 2. The van der Waals surface area contributed by atoms with Crippen LogP contribution in [0.15, 0.2) is 48.7 Å². The molecule has 0 radical (unpaired) electrons. The number of fused-ring (bicyclic) bond motifs is 1. The number of imidazole rings is 1. The summed E-state index contributed by atoms with van der Waals surface area (Å²) < 4.78 is 2.14. The maximum atomic E-state index is 4.83. The first-order valence-corrected chi connectivity index (χ1v) is 8.23. The highest BCUT2D eigenvalue weighted by Gasteiger charge is 2.18. The Balaban J connectivity index is 2.20. The molecule has 0 saturated heterocycles. The van der Waals surface area contributed by atoms with Gasteiger partial charge in [-0.25, -0.2) is 4.98 Å². The average molecular weight is 344 g/mol. The third-order valence-electron chi connectivity index (χ3n) is 3.71. The number of anilines is 2. The molecule has 0 aliphatic rings. The number of nitrogens with zero attached hydrogens (tertiary/aromatic N) is 3. The topological polar surface area (TPSA) is 20.5 Å². The highest BCUT2D eigenvalue weighted by Crippen LogP contribution is 2.31. The lowest BCUT2D eigenvalue weighted by molar-refractivity contribution is 0.977. The largest absolute Gasteiger partial charge is 0.325 e. The van der Waals surface area contributed by atoms with Crippen LogP contribution in [0.5, 0.6) is 0 Å². The van der Waals surface area contributed by atoms with Crippen molar-refractivity contribution >= 4 is 33.1 Å². The molecule has 0 spiro atoms. The smallest absolute Gasteiger partial charge is 0.156 e.